The van der Waals surface area contributed by atoms with Gasteiger partial charge in [-0.3, -0.25) is 0 Å². The molecule has 3 aliphatic carbocycles. The molecule has 1 heteroatoms. The van der Waals surface area contributed by atoms with Crippen molar-refractivity contribution >= 4 is 32.6 Å². The summed E-state index contributed by atoms with van der Waals surface area (Å²) < 4.78 is 2.59. The maximum absolute atomic E-state index is 2.59. The lowest BCUT2D eigenvalue weighted by atomic mass is 9.52. The highest BCUT2D eigenvalue weighted by molar-refractivity contribution is 6.21. The summed E-state index contributed by atoms with van der Waals surface area (Å²) in [6.07, 6.45) is 0. The number of para-hydroxylation sites is 1. The van der Waals surface area contributed by atoms with Crippen molar-refractivity contribution in [3.05, 3.63) is 245 Å². The van der Waals surface area contributed by atoms with Gasteiger partial charge in [0.1, 0.15) is 0 Å². The largest absolute Gasteiger partial charge is 0.309 e. The second kappa shape index (κ2) is 10.4. The van der Waals surface area contributed by atoms with Crippen LogP contribution in [0.3, 0.4) is 0 Å². The topological polar surface area (TPSA) is 4.93 Å². The number of rotatable bonds is 1. The van der Waals surface area contributed by atoms with Gasteiger partial charge in [0.2, 0.25) is 0 Å². The van der Waals surface area contributed by atoms with E-state index in [0.717, 1.165) is 0 Å². The zero-order valence-corrected chi connectivity index (χ0v) is 30.0. The highest BCUT2D eigenvalue weighted by Crippen LogP contribution is 2.68. The molecule has 1 heterocycles. The fourth-order valence-corrected chi connectivity index (χ4v) is 11.5. The van der Waals surface area contributed by atoms with Crippen molar-refractivity contribution in [3.63, 3.8) is 0 Å². The number of fused-ring (bicyclic) bond motifs is 21. The van der Waals surface area contributed by atoms with Gasteiger partial charge in [0.25, 0.3) is 0 Å². The lowest BCUT2D eigenvalue weighted by molar-refractivity contribution is 0.630. The molecule has 0 radical (unpaired) electrons. The Balaban J connectivity index is 1.30. The van der Waals surface area contributed by atoms with Gasteiger partial charge in [-0.05, 0) is 90.2 Å². The molecule has 1 nitrogen and oxygen atoms in total. The van der Waals surface area contributed by atoms with Gasteiger partial charge in [-0.2, -0.15) is 0 Å². The Morgan fingerprint density at radius 3 is 1.36 bits per heavy atom. The monoisotopic (exact) mass is 695 g/mol. The van der Waals surface area contributed by atoms with E-state index in [1.807, 2.05) is 0 Å². The Morgan fingerprint density at radius 2 is 0.745 bits per heavy atom. The van der Waals surface area contributed by atoms with Crippen LogP contribution in [0.1, 0.15) is 44.5 Å². The molecular weight excluding hydrogens is 663 g/mol. The fraction of sp³-hybridized carbons (Fsp3) is 0.0370. The quantitative estimate of drug-likeness (QED) is 0.161. The molecule has 3 aliphatic rings. The molecule has 0 aliphatic heterocycles. The molecule has 0 amide bonds. The van der Waals surface area contributed by atoms with Crippen LogP contribution in [0.4, 0.5) is 0 Å². The number of nitrogens with zero attached hydrogens (tertiary/aromatic N) is 1. The van der Waals surface area contributed by atoms with E-state index in [-0.39, 0.29) is 0 Å². The van der Waals surface area contributed by atoms with Crippen LogP contribution in [0.5, 0.6) is 0 Å². The lowest BCUT2D eigenvalue weighted by Gasteiger charge is -2.49. The summed E-state index contributed by atoms with van der Waals surface area (Å²) >= 11 is 0. The number of hydrogen-bond donors (Lipinski definition) is 0. The van der Waals surface area contributed by atoms with Crippen LogP contribution in [0.15, 0.2) is 200 Å². The molecule has 0 bridgehead atoms. The average molecular weight is 696 g/mol. The van der Waals surface area contributed by atoms with Crippen LogP contribution in [0.2, 0.25) is 0 Å². The second-order valence-corrected chi connectivity index (χ2v) is 15.5. The maximum atomic E-state index is 2.59. The molecule has 10 aromatic rings. The molecular formula is C54H33N. The van der Waals surface area contributed by atoms with Crippen LogP contribution in [-0.4, -0.2) is 4.57 Å². The third-order valence-corrected chi connectivity index (χ3v) is 13.3. The van der Waals surface area contributed by atoms with Gasteiger partial charge in [0.05, 0.1) is 27.6 Å². The molecule has 0 N–H and O–H groups in total. The molecule has 254 valence electrons. The minimum Gasteiger partial charge on any atom is -0.309 e. The Kier molecular flexibility index (Phi) is 5.56. The summed E-state index contributed by atoms with van der Waals surface area (Å²) in [7, 11) is 0. The van der Waals surface area contributed by atoms with Crippen LogP contribution in [0.25, 0.3) is 60.5 Å². The Bertz CT molecular complexity index is 3190. The van der Waals surface area contributed by atoms with E-state index in [4.69, 9.17) is 0 Å². The van der Waals surface area contributed by atoms with E-state index in [2.05, 4.69) is 205 Å². The van der Waals surface area contributed by atoms with Crippen molar-refractivity contribution in [2.24, 2.45) is 0 Å². The van der Waals surface area contributed by atoms with Crippen LogP contribution >= 0.6 is 0 Å². The zero-order valence-electron chi connectivity index (χ0n) is 30.0. The van der Waals surface area contributed by atoms with Gasteiger partial charge < -0.3 is 4.57 Å². The SMILES string of the molecule is c1ccc2c(c1)-c1ccccc1C21c2ccccc2C2(c3ccccc3-c3ccccc32)c2c(-n3c4ccccc4c4c5ccccc5ccc43)cccc21. The van der Waals surface area contributed by atoms with E-state index in [1.54, 1.807) is 0 Å². The fourth-order valence-electron chi connectivity index (χ4n) is 11.5. The summed E-state index contributed by atoms with van der Waals surface area (Å²) in [5.74, 6) is 0. The Morgan fingerprint density at radius 1 is 0.291 bits per heavy atom. The summed E-state index contributed by atoms with van der Waals surface area (Å²) in [5, 5.41) is 5.12. The average Bonchev–Trinajstić information content (AvgIpc) is 3.86. The van der Waals surface area contributed by atoms with Crippen molar-refractivity contribution in [1.29, 1.82) is 0 Å². The molecule has 0 atom stereocenters. The lowest BCUT2D eigenvalue weighted by Crippen LogP contribution is -2.44. The summed E-state index contributed by atoms with van der Waals surface area (Å²) in [5.41, 5.74) is 18.6. The van der Waals surface area contributed by atoms with Gasteiger partial charge >= 0.3 is 0 Å². The summed E-state index contributed by atoms with van der Waals surface area (Å²) in [6, 6.07) is 75.8. The van der Waals surface area contributed by atoms with Crippen molar-refractivity contribution in [1.82, 2.24) is 4.57 Å². The molecule has 2 spiro atoms. The highest BCUT2D eigenvalue weighted by atomic mass is 15.0. The predicted molar refractivity (Wildman–Crippen MR) is 226 cm³/mol. The number of hydrogen-bond acceptors (Lipinski definition) is 0. The molecule has 0 fully saturated rings. The number of benzene rings is 9. The second-order valence-electron chi connectivity index (χ2n) is 15.5. The van der Waals surface area contributed by atoms with Gasteiger partial charge in [0, 0.05) is 16.3 Å². The summed E-state index contributed by atoms with van der Waals surface area (Å²) in [4.78, 5) is 0. The Labute approximate surface area is 319 Å². The van der Waals surface area contributed by atoms with E-state index < -0.39 is 10.8 Å². The first-order chi connectivity index (χ1) is 27.3. The zero-order chi connectivity index (χ0) is 35.9. The first kappa shape index (κ1) is 29.5. The van der Waals surface area contributed by atoms with Gasteiger partial charge in [0.15, 0.2) is 0 Å². The molecule has 55 heavy (non-hydrogen) atoms. The predicted octanol–water partition coefficient (Wildman–Crippen LogP) is 13.0. The molecule has 1 aromatic heterocycles. The third-order valence-electron chi connectivity index (χ3n) is 13.3. The van der Waals surface area contributed by atoms with Crippen LogP contribution < -0.4 is 0 Å². The summed E-state index contributed by atoms with van der Waals surface area (Å²) in [6.45, 7) is 0. The van der Waals surface area contributed by atoms with Gasteiger partial charge in [-0.1, -0.05) is 182 Å². The van der Waals surface area contributed by atoms with Crippen LogP contribution in [-0.2, 0) is 10.8 Å². The molecule has 0 unspecified atom stereocenters. The van der Waals surface area contributed by atoms with E-state index in [1.165, 1.54) is 105 Å². The van der Waals surface area contributed by atoms with Crippen molar-refractivity contribution < 1.29 is 0 Å². The molecule has 13 rings (SSSR count). The van der Waals surface area contributed by atoms with Crippen molar-refractivity contribution in [2.75, 3.05) is 0 Å². The Hall–Kier alpha value is -6.96. The first-order valence-electron chi connectivity index (χ1n) is 19.4. The third kappa shape index (κ3) is 3.34. The van der Waals surface area contributed by atoms with E-state index in [9.17, 15) is 0 Å². The highest BCUT2D eigenvalue weighted by Gasteiger charge is 2.59. The normalized spacial score (nSPS) is 14.8. The molecule has 0 saturated carbocycles. The van der Waals surface area contributed by atoms with E-state index in [0.29, 0.717) is 0 Å². The minimum atomic E-state index is -0.581. The minimum absolute atomic E-state index is 0.529. The van der Waals surface area contributed by atoms with Crippen LogP contribution in [0, 0.1) is 0 Å². The van der Waals surface area contributed by atoms with Gasteiger partial charge in [-0.25, -0.2) is 0 Å². The smallest absolute Gasteiger partial charge is 0.0740 e. The van der Waals surface area contributed by atoms with Crippen molar-refractivity contribution in [3.8, 4) is 27.9 Å². The standard InChI is InChI=1S/C54H33N/c1-2-17-35-34(16-1)32-33-49-51(35)40-22-7-14-30-48(40)55(49)50-31-15-29-47-52(50)54(43-25-10-5-20-38(43)39-21-6-11-26-44(39)54)46-28-13-12-27-45(46)53(47)41-23-8-3-18-36(41)37-19-4-9-24-42(37)53/h1-33H. The van der Waals surface area contributed by atoms with Gasteiger partial charge in [-0.15, -0.1) is 0 Å². The molecule has 9 aromatic carbocycles. The molecule has 0 saturated heterocycles. The van der Waals surface area contributed by atoms with Crippen molar-refractivity contribution in [2.45, 2.75) is 10.8 Å². The van der Waals surface area contributed by atoms with E-state index >= 15 is 0 Å². The maximum Gasteiger partial charge on any atom is 0.0740 e. The number of aromatic nitrogens is 1. The first-order valence-corrected chi connectivity index (χ1v) is 19.4.